The van der Waals surface area contributed by atoms with Crippen LogP contribution in [0, 0.1) is 6.92 Å². The van der Waals surface area contributed by atoms with E-state index >= 15 is 0 Å². The second kappa shape index (κ2) is 8.45. The summed E-state index contributed by atoms with van der Waals surface area (Å²) in [6.07, 6.45) is 0. The monoisotopic (exact) mass is 513 g/mol. The Hall–Kier alpha value is -2.69. The van der Waals surface area contributed by atoms with Gasteiger partial charge in [0.2, 0.25) is 5.82 Å². The normalized spacial score (nSPS) is 11.4. The van der Waals surface area contributed by atoms with E-state index in [-0.39, 0.29) is 5.56 Å². The van der Waals surface area contributed by atoms with E-state index in [4.69, 9.17) is 4.42 Å². The number of rotatable bonds is 6. The van der Waals surface area contributed by atoms with Gasteiger partial charge in [0.1, 0.15) is 0 Å². The molecule has 0 atom stereocenters. The fraction of sp³-hybridized carbons (Fsp3) is 0.143. The van der Waals surface area contributed by atoms with Crippen LogP contribution in [-0.2, 0) is 12.3 Å². The molecule has 156 valence electrons. The maximum absolute atomic E-state index is 12.5. The van der Waals surface area contributed by atoms with E-state index in [9.17, 15) is 4.79 Å². The number of fused-ring (bicyclic) bond motifs is 1. The Morgan fingerprint density at radius 3 is 2.77 bits per heavy atom. The molecule has 4 aromatic heterocycles. The van der Waals surface area contributed by atoms with E-state index in [1.54, 1.807) is 10.5 Å². The predicted molar refractivity (Wildman–Crippen MR) is 125 cm³/mol. The Morgan fingerprint density at radius 2 is 2.00 bits per heavy atom. The molecule has 0 amide bonds. The van der Waals surface area contributed by atoms with Gasteiger partial charge in [-0.2, -0.15) is 0 Å². The van der Waals surface area contributed by atoms with Gasteiger partial charge in [-0.15, -0.1) is 21.5 Å². The van der Waals surface area contributed by atoms with E-state index < -0.39 is 0 Å². The number of nitrogens with zero attached hydrogens (tertiary/aromatic N) is 5. The molecule has 10 heteroatoms. The van der Waals surface area contributed by atoms with Crippen molar-refractivity contribution in [2.24, 2.45) is 0 Å². The molecule has 0 saturated carbocycles. The number of thiazole rings is 1. The third-order valence-electron chi connectivity index (χ3n) is 4.67. The van der Waals surface area contributed by atoms with Crippen LogP contribution in [0.25, 0.3) is 16.5 Å². The zero-order chi connectivity index (χ0) is 21.4. The van der Waals surface area contributed by atoms with Crippen LogP contribution < -0.4 is 5.56 Å². The van der Waals surface area contributed by atoms with E-state index in [2.05, 4.69) is 43.2 Å². The number of benzene rings is 1. The van der Waals surface area contributed by atoms with Crippen LogP contribution in [0.5, 0.6) is 0 Å². The average Bonchev–Trinajstić information content (AvgIpc) is 3.46. The summed E-state index contributed by atoms with van der Waals surface area (Å²) in [6.45, 7) is 2.50. The largest absolute Gasteiger partial charge is 0.446 e. The third kappa shape index (κ3) is 4.10. The van der Waals surface area contributed by atoms with Crippen molar-refractivity contribution in [3.05, 3.63) is 85.9 Å². The fourth-order valence-corrected chi connectivity index (χ4v) is 5.26. The van der Waals surface area contributed by atoms with Crippen molar-refractivity contribution in [2.45, 2.75) is 24.4 Å². The van der Waals surface area contributed by atoms with Crippen molar-refractivity contribution >= 4 is 44.0 Å². The van der Waals surface area contributed by atoms with Crippen LogP contribution >= 0.6 is 39.0 Å². The molecular formula is C21H16BrN5O2S2. The van der Waals surface area contributed by atoms with Gasteiger partial charge in [-0.05, 0) is 40.5 Å². The summed E-state index contributed by atoms with van der Waals surface area (Å²) in [5.74, 6) is 1.79. The Kier molecular flexibility index (Phi) is 5.51. The molecule has 0 spiro atoms. The molecule has 0 fully saturated rings. The van der Waals surface area contributed by atoms with Crippen molar-refractivity contribution < 1.29 is 4.42 Å². The molecule has 0 aliphatic carbocycles. The van der Waals surface area contributed by atoms with Gasteiger partial charge < -0.3 is 4.42 Å². The molecule has 4 heterocycles. The van der Waals surface area contributed by atoms with Crippen molar-refractivity contribution in [2.75, 3.05) is 0 Å². The highest BCUT2D eigenvalue weighted by atomic mass is 79.9. The molecule has 0 N–H and O–H groups in total. The summed E-state index contributed by atoms with van der Waals surface area (Å²) in [4.78, 5) is 17.8. The molecule has 31 heavy (non-hydrogen) atoms. The van der Waals surface area contributed by atoms with Crippen molar-refractivity contribution in [3.63, 3.8) is 0 Å². The molecule has 0 aliphatic rings. The summed E-state index contributed by atoms with van der Waals surface area (Å²) in [5, 5.41) is 11.4. The quantitative estimate of drug-likeness (QED) is 0.296. The van der Waals surface area contributed by atoms with Crippen molar-refractivity contribution in [1.29, 1.82) is 0 Å². The first kappa shape index (κ1) is 20.2. The van der Waals surface area contributed by atoms with Crippen molar-refractivity contribution in [1.82, 2.24) is 24.1 Å². The minimum Gasteiger partial charge on any atom is -0.446 e. The van der Waals surface area contributed by atoms with E-state index in [1.807, 2.05) is 47.2 Å². The van der Waals surface area contributed by atoms with E-state index in [0.29, 0.717) is 39.2 Å². The maximum atomic E-state index is 12.5. The van der Waals surface area contributed by atoms with Crippen LogP contribution in [-0.4, -0.2) is 24.1 Å². The van der Waals surface area contributed by atoms with Crippen LogP contribution in [0.1, 0.15) is 17.0 Å². The molecule has 0 saturated heterocycles. The fourth-order valence-electron chi connectivity index (χ4n) is 3.23. The Morgan fingerprint density at radius 1 is 1.16 bits per heavy atom. The average molecular weight is 514 g/mol. The number of aryl methyl sites for hydroxylation is 1. The Bertz CT molecular complexity index is 1420. The third-order valence-corrected chi connectivity index (χ3v) is 7.04. The van der Waals surface area contributed by atoms with Crippen LogP contribution in [0.2, 0.25) is 0 Å². The number of thioether (sulfide) groups is 1. The molecule has 0 radical (unpaired) electrons. The molecule has 7 nitrogen and oxygen atoms in total. The first-order chi connectivity index (χ1) is 15.1. The maximum Gasteiger partial charge on any atom is 0.258 e. The summed E-state index contributed by atoms with van der Waals surface area (Å²) in [7, 11) is 0. The van der Waals surface area contributed by atoms with Gasteiger partial charge in [-0.25, -0.2) is 4.98 Å². The standard InChI is InChI=1S/C21H16BrN5O2S2/c1-13-11-30-20-23-15(9-18(28)27(13)20)12-31-21-25-24-19(16-7-8-17(22)29-16)26(21)10-14-5-3-2-4-6-14/h2-9,11H,10,12H2,1H3. The van der Waals surface area contributed by atoms with E-state index in [0.717, 1.165) is 16.4 Å². The van der Waals surface area contributed by atoms with Crippen LogP contribution in [0.3, 0.4) is 0 Å². The highest BCUT2D eigenvalue weighted by Gasteiger charge is 2.18. The van der Waals surface area contributed by atoms with E-state index in [1.165, 1.54) is 23.1 Å². The van der Waals surface area contributed by atoms with Gasteiger partial charge in [0.15, 0.2) is 20.5 Å². The molecule has 0 aliphatic heterocycles. The smallest absolute Gasteiger partial charge is 0.258 e. The number of hydrogen-bond donors (Lipinski definition) is 0. The van der Waals surface area contributed by atoms with Gasteiger partial charge >= 0.3 is 0 Å². The summed E-state index contributed by atoms with van der Waals surface area (Å²) in [6, 6.07) is 15.4. The lowest BCUT2D eigenvalue weighted by Gasteiger charge is -2.09. The molecular weight excluding hydrogens is 498 g/mol. The van der Waals surface area contributed by atoms with Gasteiger partial charge in [0.05, 0.1) is 12.2 Å². The van der Waals surface area contributed by atoms with Gasteiger partial charge in [0, 0.05) is 22.9 Å². The predicted octanol–water partition coefficient (Wildman–Crippen LogP) is 5.02. The molecule has 5 aromatic rings. The first-order valence-electron chi connectivity index (χ1n) is 9.41. The first-order valence-corrected chi connectivity index (χ1v) is 12.1. The highest BCUT2D eigenvalue weighted by Crippen LogP contribution is 2.29. The van der Waals surface area contributed by atoms with Gasteiger partial charge in [-0.3, -0.25) is 13.8 Å². The summed E-state index contributed by atoms with van der Waals surface area (Å²) in [5.41, 5.74) is 2.68. The lowest BCUT2D eigenvalue weighted by Crippen LogP contribution is -2.14. The zero-order valence-corrected chi connectivity index (χ0v) is 19.6. The zero-order valence-electron chi connectivity index (χ0n) is 16.4. The minimum atomic E-state index is -0.0637. The van der Waals surface area contributed by atoms with Crippen molar-refractivity contribution in [3.8, 4) is 11.6 Å². The Labute approximate surface area is 193 Å². The van der Waals surface area contributed by atoms with Crippen LogP contribution in [0.15, 0.2) is 72.9 Å². The van der Waals surface area contributed by atoms with Crippen LogP contribution in [0.4, 0.5) is 0 Å². The molecule has 5 rings (SSSR count). The molecule has 0 bridgehead atoms. The number of hydrogen-bond acceptors (Lipinski definition) is 7. The highest BCUT2D eigenvalue weighted by molar-refractivity contribution is 9.10. The Balaban J connectivity index is 1.47. The number of aromatic nitrogens is 5. The SMILES string of the molecule is Cc1csc2nc(CSc3nnc(-c4ccc(Br)o4)n3Cc3ccccc3)cc(=O)n12. The second-order valence-corrected chi connectivity index (χ2v) is 9.41. The topological polar surface area (TPSA) is 78.2 Å². The lowest BCUT2D eigenvalue weighted by atomic mass is 10.2. The van der Waals surface area contributed by atoms with Gasteiger partial charge in [-0.1, -0.05) is 42.1 Å². The summed E-state index contributed by atoms with van der Waals surface area (Å²) >= 11 is 6.31. The molecule has 1 aromatic carbocycles. The molecule has 0 unspecified atom stereocenters. The number of halogens is 1. The minimum absolute atomic E-state index is 0.0637. The lowest BCUT2D eigenvalue weighted by molar-refractivity contribution is 0.545. The number of furan rings is 1. The second-order valence-electron chi connectivity index (χ2n) is 6.85. The van der Waals surface area contributed by atoms with Gasteiger partial charge in [0.25, 0.3) is 5.56 Å². The summed E-state index contributed by atoms with van der Waals surface area (Å²) < 4.78 is 10.0.